The Labute approximate surface area is 229 Å². The van der Waals surface area contributed by atoms with Gasteiger partial charge in [-0.1, -0.05) is 30.3 Å². The average Bonchev–Trinajstić information content (AvgIpc) is 3.40. The van der Waals surface area contributed by atoms with Crippen LogP contribution in [0, 0.1) is 6.92 Å². The number of amides is 2. The number of likely N-dealkylation sites (tertiary alicyclic amines) is 1. The van der Waals surface area contributed by atoms with Gasteiger partial charge in [0.05, 0.1) is 18.1 Å². The molecule has 39 heavy (non-hydrogen) atoms. The van der Waals surface area contributed by atoms with E-state index in [9.17, 15) is 9.59 Å². The van der Waals surface area contributed by atoms with Crippen LogP contribution in [0.3, 0.4) is 0 Å². The van der Waals surface area contributed by atoms with Gasteiger partial charge in [-0.05, 0) is 66.6 Å². The number of rotatable bonds is 6. The number of carbonyl (C=O) groups excluding carboxylic acids is 2. The lowest BCUT2D eigenvalue weighted by Gasteiger charge is -2.32. The second-order valence-electron chi connectivity index (χ2n) is 10.4. The van der Waals surface area contributed by atoms with Crippen LogP contribution >= 0.6 is 0 Å². The van der Waals surface area contributed by atoms with Crippen LogP contribution in [0.15, 0.2) is 73.2 Å². The zero-order valence-electron chi connectivity index (χ0n) is 22.9. The molecule has 2 amide bonds. The molecule has 8 heteroatoms. The number of aromatic nitrogens is 3. The molecule has 1 fully saturated rings. The predicted molar refractivity (Wildman–Crippen MR) is 154 cm³/mol. The van der Waals surface area contributed by atoms with Crippen LogP contribution < -0.4 is 10.2 Å². The van der Waals surface area contributed by atoms with Crippen LogP contribution in [0.2, 0.25) is 0 Å². The maximum Gasteiger partial charge on any atom is 0.274 e. The van der Waals surface area contributed by atoms with E-state index in [4.69, 9.17) is 0 Å². The summed E-state index contributed by atoms with van der Waals surface area (Å²) < 4.78 is 1.81. The molecular weight excluding hydrogens is 488 g/mol. The number of hydrogen-bond donors (Lipinski definition) is 1. The van der Waals surface area contributed by atoms with Crippen molar-refractivity contribution in [1.82, 2.24) is 19.7 Å². The number of anilines is 2. The number of nitrogens with zero attached hydrogens (tertiary/aromatic N) is 5. The molecule has 3 heterocycles. The number of hydrogen-bond acceptors (Lipinski definition) is 5. The molecule has 1 N–H and O–H groups in total. The zero-order chi connectivity index (χ0) is 27.5. The van der Waals surface area contributed by atoms with E-state index in [1.165, 1.54) is 5.56 Å². The molecule has 1 aliphatic heterocycles. The quantitative estimate of drug-likeness (QED) is 0.380. The highest BCUT2D eigenvalue weighted by atomic mass is 16.2. The summed E-state index contributed by atoms with van der Waals surface area (Å²) in [6.07, 6.45) is 7.39. The minimum absolute atomic E-state index is 0.00987. The maximum absolute atomic E-state index is 13.4. The Kier molecular flexibility index (Phi) is 7.45. The van der Waals surface area contributed by atoms with Crippen molar-refractivity contribution in [2.24, 2.45) is 7.05 Å². The first-order valence-electron chi connectivity index (χ1n) is 13.2. The summed E-state index contributed by atoms with van der Waals surface area (Å²) in [6.45, 7) is 3.31. The fourth-order valence-electron chi connectivity index (χ4n) is 4.98. The Bertz CT molecular complexity index is 1470. The molecule has 200 valence electrons. The summed E-state index contributed by atoms with van der Waals surface area (Å²) in [5.74, 6) is 0.115. The molecule has 0 atom stereocenters. The Hall–Kier alpha value is -4.46. The standard InChI is InChI=1S/C31H34N6O2/c1-21-5-6-25(17-29(21)34-30(38)28-12-11-27(19-32-28)35(2)3)31(39)37-15-13-24(14-16-37)22-7-9-23(10-8-22)26-18-33-36(4)20-26/h5-12,17-20,24H,13-16H2,1-4H3,(H,34,38). The van der Waals surface area contributed by atoms with E-state index < -0.39 is 0 Å². The third-order valence-corrected chi connectivity index (χ3v) is 7.43. The number of nitrogens with one attached hydrogen (secondary N) is 1. The van der Waals surface area contributed by atoms with E-state index in [1.807, 2.05) is 73.1 Å². The Morgan fingerprint density at radius 3 is 2.31 bits per heavy atom. The smallest absolute Gasteiger partial charge is 0.274 e. The number of carbonyl (C=O) groups is 2. The fraction of sp³-hybridized carbons (Fsp3) is 0.290. The van der Waals surface area contributed by atoms with Crippen LogP contribution in [0.5, 0.6) is 0 Å². The van der Waals surface area contributed by atoms with E-state index >= 15 is 0 Å². The van der Waals surface area contributed by atoms with Gasteiger partial charge < -0.3 is 15.1 Å². The van der Waals surface area contributed by atoms with Gasteiger partial charge in [0.2, 0.25) is 0 Å². The molecule has 1 aliphatic rings. The van der Waals surface area contributed by atoms with Gasteiger partial charge in [0.25, 0.3) is 11.8 Å². The van der Waals surface area contributed by atoms with E-state index in [0.717, 1.165) is 35.2 Å². The first-order valence-corrected chi connectivity index (χ1v) is 13.2. The highest BCUT2D eigenvalue weighted by Gasteiger charge is 2.25. The van der Waals surface area contributed by atoms with Gasteiger partial charge in [-0.25, -0.2) is 4.98 Å². The Morgan fingerprint density at radius 1 is 0.949 bits per heavy atom. The van der Waals surface area contributed by atoms with Crippen LogP contribution in [0.4, 0.5) is 11.4 Å². The molecule has 0 bridgehead atoms. The monoisotopic (exact) mass is 522 g/mol. The van der Waals surface area contributed by atoms with Crippen molar-refractivity contribution in [3.63, 3.8) is 0 Å². The molecule has 2 aromatic carbocycles. The second kappa shape index (κ2) is 11.1. The predicted octanol–water partition coefficient (Wildman–Crippen LogP) is 5.13. The minimum atomic E-state index is -0.302. The Morgan fingerprint density at radius 2 is 1.69 bits per heavy atom. The van der Waals surface area contributed by atoms with Crippen LogP contribution in [-0.2, 0) is 7.05 Å². The molecule has 8 nitrogen and oxygen atoms in total. The first-order chi connectivity index (χ1) is 18.8. The van der Waals surface area contributed by atoms with Gasteiger partial charge >= 0.3 is 0 Å². The van der Waals surface area contributed by atoms with Crippen LogP contribution in [-0.4, -0.2) is 58.7 Å². The summed E-state index contributed by atoms with van der Waals surface area (Å²) in [5, 5.41) is 7.18. The van der Waals surface area contributed by atoms with E-state index in [0.29, 0.717) is 36.0 Å². The summed E-state index contributed by atoms with van der Waals surface area (Å²) >= 11 is 0. The number of piperidine rings is 1. The van der Waals surface area contributed by atoms with Crippen molar-refractivity contribution >= 4 is 23.2 Å². The molecule has 0 unspecified atom stereocenters. The maximum atomic E-state index is 13.4. The molecule has 0 saturated carbocycles. The van der Waals surface area contributed by atoms with Crippen LogP contribution in [0.25, 0.3) is 11.1 Å². The van der Waals surface area contributed by atoms with Gasteiger partial charge in [-0.15, -0.1) is 0 Å². The number of benzene rings is 2. The normalized spacial score (nSPS) is 13.8. The highest BCUT2D eigenvalue weighted by Crippen LogP contribution is 2.31. The lowest BCUT2D eigenvalue weighted by atomic mass is 9.88. The lowest BCUT2D eigenvalue weighted by molar-refractivity contribution is 0.0712. The molecule has 5 rings (SSSR count). The van der Waals surface area contributed by atoms with E-state index in [-0.39, 0.29) is 11.8 Å². The van der Waals surface area contributed by atoms with Crippen molar-refractivity contribution in [1.29, 1.82) is 0 Å². The fourth-order valence-corrected chi connectivity index (χ4v) is 4.98. The summed E-state index contributed by atoms with van der Waals surface area (Å²) in [6, 6.07) is 17.7. The zero-order valence-corrected chi connectivity index (χ0v) is 22.9. The molecule has 2 aromatic heterocycles. The van der Waals surface area contributed by atoms with Crippen molar-refractivity contribution in [3.8, 4) is 11.1 Å². The third-order valence-electron chi connectivity index (χ3n) is 7.43. The van der Waals surface area contributed by atoms with Gasteiger partial charge in [0.1, 0.15) is 5.69 Å². The number of pyridine rings is 1. The van der Waals surface area contributed by atoms with Gasteiger partial charge in [-0.2, -0.15) is 5.10 Å². The molecular formula is C31H34N6O2. The molecule has 0 radical (unpaired) electrons. The van der Waals surface area contributed by atoms with Gasteiger partial charge in [-0.3, -0.25) is 14.3 Å². The Balaban J connectivity index is 1.21. The lowest BCUT2D eigenvalue weighted by Crippen LogP contribution is -2.38. The molecule has 1 saturated heterocycles. The van der Waals surface area contributed by atoms with E-state index in [2.05, 4.69) is 39.7 Å². The summed E-state index contributed by atoms with van der Waals surface area (Å²) in [5.41, 5.74) is 6.90. The second-order valence-corrected chi connectivity index (χ2v) is 10.4. The topological polar surface area (TPSA) is 83.4 Å². The number of aryl methyl sites for hydroxylation is 2. The van der Waals surface area contributed by atoms with Crippen molar-refractivity contribution in [2.45, 2.75) is 25.7 Å². The van der Waals surface area contributed by atoms with Crippen molar-refractivity contribution in [2.75, 3.05) is 37.4 Å². The summed E-state index contributed by atoms with van der Waals surface area (Å²) in [7, 11) is 5.77. The van der Waals surface area contributed by atoms with Crippen molar-refractivity contribution < 1.29 is 9.59 Å². The highest BCUT2D eigenvalue weighted by molar-refractivity contribution is 6.04. The van der Waals surface area contributed by atoms with Crippen LogP contribution in [0.1, 0.15) is 50.7 Å². The van der Waals surface area contributed by atoms with Gasteiger partial charge in [0.15, 0.2) is 0 Å². The van der Waals surface area contributed by atoms with Gasteiger partial charge in [0, 0.05) is 57.2 Å². The van der Waals surface area contributed by atoms with Crippen molar-refractivity contribution in [3.05, 3.63) is 95.6 Å². The molecule has 0 aliphatic carbocycles. The van der Waals surface area contributed by atoms with E-state index in [1.54, 1.807) is 18.3 Å². The average molecular weight is 523 g/mol. The SMILES string of the molecule is Cc1ccc(C(=O)N2CCC(c3ccc(-c4cnn(C)c4)cc3)CC2)cc1NC(=O)c1ccc(N(C)C)cn1. The third kappa shape index (κ3) is 5.85. The summed E-state index contributed by atoms with van der Waals surface area (Å²) in [4.78, 5) is 34.3. The first kappa shape index (κ1) is 26.2. The minimum Gasteiger partial charge on any atom is -0.376 e. The molecule has 0 spiro atoms. The molecule has 4 aromatic rings. The largest absolute Gasteiger partial charge is 0.376 e.